The third-order valence-electron chi connectivity index (χ3n) is 4.47. The fourth-order valence-corrected chi connectivity index (χ4v) is 5.92. The van der Waals surface area contributed by atoms with E-state index in [9.17, 15) is 0 Å². The minimum absolute atomic E-state index is 0.887. The van der Waals surface area contributed by atoms with Crippen LogP contribution in [0.3, 0.4) is 0 Å². The van der Waals surface area contributed by atoms with Crippen LogP contribution in [0.5, 0.6) is 5.75 Å². The van der Waals surface area contributed by atoms with Gasteiger partial charge in [0.1, 0.15) is 13.8 Å². The summed E-state index contributed by atoms with van der Waals surface area (Å²) < 4.78 is 5.24. The second-order valence-electron chi connectivity index (χ2n) is 6.04. The fraction of sp³-hybridized carbons (Fsp3) is 0.0909. The molecule has 0 spiro atoms. The molecule has 3 aromatic rings. The van der Waals surface area contributed by atoms with E-state index in [0.29, 0.717) is 0 Å². The molecule has 0 N–H and O–H groups in total. The molecule has 0 atom stereocenters. The van der Waals surface area contributed by atoms with Crippen LogP contribution in [0.15, 0.2) is 90.6 Å². The summed E-state index contributed by atoms with van der Waals surface area (Å²) in [5.74, 6) is 0.887. The maximum atomic E-state index is 5.24. The molecule has 24 heavy (non-hydrogen) atoms. The lowest BCUT2D eigenvalue weighted by Crippen LogP contribution is -2.54. The molecule has 0 saturated heterocycles. The van der Waals surface area contributed by atoms with Gasteiger partial charge in [-0.25, -0.2) is 0 Å². The van der Waals surface area contributed by atoms with E-state index < -0.39 is 8.07 Å². The van der Waals surface area contributed by atoms with Crippen molar-refractivity contribution in [1.82, 2.24) is 0 Å². The molecule has 0 aromatic heterocycles. The van der Waals surface area contributed by atoms with Crippen LogP contribution in [0, 0.1) is 0 Å². The molecule has 3 aromatic carbocycles. The second-order valence-corrected chi connectivity index (χ2v) is 9.93. The van der Waals surface area contributed by atoms with Gasteiger partial charge in [0.15, 0.2) is 0 Å². The Morgan fingerprint density at radius 1 is 0.708 bits per heavy atom. The molecular weight excluding hydrogens is 308 g/mol. The Morgan fingerprint density at radius 3 is 1.67 bits per heavy atom. The van der Waals surface area contributed by atoms with Crippen molar-refractivity contribution in [3.63, 3.8) is 0 Å². The summed E-state index contributed by atoms with van der Waals surface area (Å²) in [4.78, 5) is 0. The molecule has 0 radical (unpaired) electrons. The van der Waals surface area contributed by atoms with Crippen molar-refractivity contribution in [3.05, 3.63) is 96.2 Å². The zero-order chi connectivity index (χ0) is 16.8. The predicted octanol–water partition coefficient (Wildman–Crippen LogP) is 4.14. The van der Waals surface area contributed by atoms with E-state index in [0.717, 1.165) is 5.75 Å². The van der Waals surface area contributed by atoms with Gasteiger partial charge < -0.3 is 4.74 Å². The lowest BCUT2D eigenvalue weighted by atomic mass is 10.2. The van der Waals surface area contributed by atoms with Crippen LogP contribution >= 0.6 is 0 Å². The standard InChI is InChI=1S/C22H22OSi/c1-23-20-15-13-19(14-16-20)17-18-24(2,21-9-5-3-6-10-21)22-11-7-4-8-12-22/h3-18H,1-2H3/b18-17-. The molecule has 1 nitrogen and oxygen atoms in total. The van der Waals surface area contributed by atoms with Crippen LogP contribution in [-0.4, -0.2) is 15.2 Å². The molecule has 0 bridgehead atoms. The zero-order valence-corrected chi connectivity index (χ0v) is 15.1. The first-order valence-electron chi connectivity index (χ1n) is 8.17. The largest absolute Gasteiger partial charge is 0.497 e. The molecule has 120 valence electrons. The Morgan fingerprint density at radius 2 is 1.21 bits per heavy atom. The average molecular weight is 331 g/mol. The zero-order valence-electron chi connectivity index (χ0n) is 14.1. The van der Waals surface area contributed by atoms with E-state index in [4.69, 9.17) is 4.74 Å². The number of hydrogen-bond acceptors (Lipinski definition) is 1. The van der Waals surface area contributed by atoms with E-state index in [1.165, 1.54) is 15.9 Å². The summed E-state index contributed by atoms with van der Waals surface area (Å²) >= 11 is 0. The molecule has 0 unspecified atom stereocenters. The molecule has 0 saturated carbocycles. The van der Waals surface area contributed by atoms with Crippen LogP contribution in [0.1, 0.15) is 5.56 Å². The quantitative estimate of drug-likeness (QED) is 0.639. The number of rotatable bonds is 5. The van der Waals surface area contributed by atoms with E-state index in [1.54, 1.807) is 7.11 Å². The lowest BCUT2D eigenvalue weighted by Gasteiger charge is -2.25. The highest BCUT2D eigenvalue weighted by Crippen LogP contribution is 2.15. The van der Waals surface area contributed by atoms with E-state index in [2.05, 4.69) is 91.1 Å². The number of benzene rings is 3. The van der Waals surface area contributed by atoms with Gasteiger partial charge in [-0.15, -0.1) is 0 Å². The van der Waals surface area contributed by atoms with E-state index >= 15 is 0 Å². The predicted molar refractivity (Wildman–Crippen MR) is 106 cm³/mol. The normalized spacial score (nSPS) is 11.6. The summed E-state index contributed by atoms with van der Waals surface area (Å²) in [6.45, 7) is 2.40. The van der Waals surface area contributed by atoms with Crippen molar-refractivity contribution in [2.75, 3.05) is 7.11 Å². The highest BCUT2D eigenvalue weighted by Gasteiger charge is 2.28. The van der Waals surface area contributed by atoms with Gasteiger partial charge in [-0.1, -0.05) is 101 Å². The van der Waals surface area contributed by atoms with Gasteiger partial charge in [0.25, 0.3) is 0 Å². The van der Waals surface area contributed by atoms with Crippen molar-refractivity contribution in [3.8, 4) is 5.75 Å². The highest BCUT2D eigenvalue weighted by molar-refractivity contribution is 7.05. The first-order valence-corrected chi connectivity index (χ1v) is 10.7. The third-order valence-corrected chi connectivity index (χ3v) is 8.37. The van der Waals surface area contributed by atoms with Gasteiger partial charge >= 0.3 is 0 Å². The highest BCUT2D eigenvalue weighted by atomic mass is 28.3. The summed E-state index contributed by atoms with van der Waals surface area (Å²) in [6.07, 6.45) is 2.24. The summed E-state index contributed by atoms with van der Waals surface area (Å²) in [5.41, 5.74) is 3.61. The number of hydrogen-bond donors (Lipinski definition) is 0. The SMILES string of the molecule is COc1ccc(/C=C\[Si](C)(c2ccccc2)c2ccccc2)cc1. The van der Waals surface area contributed by atoms with Gasteiger partial charge in [0.05, 0.1) is 7.11 Å². The maximum Gasteiger partial charge on any atom is 0.138 e. The monoisotopic (exact) mass is 330 g/mol. The average Bonchev–Trinajstić information content (AvgIpc) is 2.68. The minimum atomic E-state index is -1.92. The van der Waals surface area contributed by atoms with Crippen LogP contribution < -0.4 is 15.1 Å². The van der Waals surface area contributed by atoms with Crippen molar-refractivity contribution in [2.45, 2.75) is 6.55 Å². The van der Waals surface area contributed by atoms with E-state index in [1.807, 2.05) is 12.1 Å². The number of methoxy groups -OCH3 is 1. The summed E-state index contributed by atoms with van der Waals surface area (Å²) in [7, 11) is -0.224. The minimum Gasteiger partial charge on any atom is -0.497 e. The molecule has 0 aliphatic rings. The van der Waals surface area contributed by atoms with Crippen molar-refractivity contribution in [2.24, 2.45) is 0 Å². The van der Waals surface area contributed by atoms with Crippen molar-refractivity contribution in [1.29, 1.82) is 0 Å². The first-order chi connectivity index (χ1) is 11.7. The fourth-order valence-electron chi connectivity index (χ4n) is 2.91. The maximum absolute atomic E-state index is 5.24. The van der Waals surface area contributed by atoms with Crippen LogP contribution in [0.4, 0.5) is 0 Å². The smallest absolute Gasteiger partial charge is 0.138 e. The van der Waals surface area contributed by atoms with Gasteiger partial charge in [-0.2, -0.15) is 0 Å². The summed E-state index contributed by atoms with van der Waals surface area (Å²) in [6, 6.07) is 29.9. The van der Waals surface area contributed by atoms with Crippen LogP contribution in [-0.2, 0) is 0 Å². The van der Waals surface area contributed by atoms with Crippen LogP contribution in [0.2, 0.25) is 6.55 Å². The van der Waals surface area contributed by atoms with Crippen LogP contribution in [0.25, 0.3) is 6.08 Å². The molecule has 0 heterocycles. The molecule has 2 heteroatoms. The Labute approximate surface area is 145 Å². The first kappa shape index (κ1) is 16.3. The molecule has 0 aliphatic heterocycles. The molecule has 0 aliphatic carbocycles. The molecule has 0 fully saturated rings. The molecule has 0 amide bonds. The van der Waals surface area contributed by atoms with E-state index in [-0.39, 0.29) is 0 Å². The third kappa shape index (κ3) is 3.49. The molecular formula is C22H22OSi. The van der Waals surface area contributed by atoms with Gasteiger partial charge in [-0.05, 0) is 17.7 Å². The van der Waals surface area contributed by atoms with Crippen molar-refractivity contribution < 1.29 is 4.74 Å². The number of ether oxygens (including phenoxy) is 1. The Hall–Kier alpha value is -2.58. The van der Waals surface area contributed by atoms with Gasteiger partial charge in [-0.3, -0.25) is 0 Å². The second kappa shape index (κ2) is 7.32. The Kier molecular flexibility index (Phi) is 4.97. The summed E-state index contributed by atoms with van der Waals surface area (Å²) in [5, 5.41) is 2.84. The Balaban J connectivity index is 2.00. The topological polar surface area (TPSA) is 9.23 Å². The Bertz CT molecular complexity index is 753. The lowest BCUT2D eigenvalue weighted by molar-refractivity contribution is 0.415. The van der Waals surface area contributed by atoms with Gasteiger partial charge in [0, 0.05) is 0 Å². The molecule has 3 rings (SSSR count). The van der Waals surface area contributed by atoms with Crippen molar-refractivity contribution >= 4 is 24.5 Å². The van der Waals surface area contributed by atoms with Gasteiger partial charge in [0.2, 0.25) is 0 Å².